The van der Waals surface area contributed by atoms with Crippen LogP contribution in [0.1, 0.15) is 0 Å². The topological polar surface area (TPSA) is 46.2 Å². The van der Waals surface area contributed by atoms with Crippen LogP contribution in [0.2, 0.25) is 0 Å². The predicted octanol–water partition coefficient (Wildman–Crippen LogP) is 2.78. The molecule has 88 valence electrons. The maximum atomic E-state index is 13.4. The molecule has 0 saturated heterocycles. The molecule has 16 heavy (non-hydrogen) atoms. The Balaban J connectivity index is 3.03. The first-order chi connectivity index (χ1) is 7.33. The summed E-state index contributed by atoms with van der Waals surface area (Å²) in [5.41, 5.74) is 0. The van der Waals surface area contributed by atoms with Crippen molar-refractivity contribution in [1.82, 2.24) is 4.72 Å². The summed E-state index contributed by atoms with van der Waals surface area (Å²) in [5, 5.41) is 0. The average Bonchev–Trinajstić information content (AvgIpc) is 2.14. The minimum absolute atomic E-state index is 0.0117. The summed E-state index contributed by atoms with van der Waals surface area (Å²) in [6.45, 7) is 3.49. The van der Waals surface area contributed by atoms with Crippen molar-refractivity contribution in [3.8, 4) is 0 Å². The molecule has 0 aliphatic carbocycles. The molecule has 1 aromatic rings. The molecule has 3 nitrogen and oxygen atoms in total. The van der Waals surface area contributed by atoms with Gasteiger partial charge in [-0.2, -0.15) is 0 Å². The number of halogens is 3. The highest BCUT2D eigenvalue weighted by atomic mass is 79.9. The number of hydrogen-bond acceptors (Lipinski definition) is 2. The Bertz CT molecular complexity index is 516. The van der Waals surface area contributed by atoms with Crippen LogP contribution in [-0.2, 0) is 10.0 Å². The van der Waals surface area contributed by atoms with Crippen LogP contribution in [0.25, 0.3) is 0 Å². The molecule has 1 rings (SSSR count). The van der Waals surface area contributed by atoms with E-state index in [1.165, 1.54) is 12.1 Å². The van der Waals surface area contributed by atoms with E-state index in [1.807, 2.05) is 0 Å². The first kappa shape index (κ1) is 13.8. The molecule has 0 fully saturated rings. The van der Waals surface area contributed by atoms with Crippen molar-refractivity contribution in [3.63, 3.8) is 0 Å². The molecule has 1 aromatic carbocycles. The molecule has 0 aromatic heterocycles. The Morgan fingerprint density at radius 1 is 1.50 bits per heavy atom. The van der Waals surface area contributed by atoms with E-state index in [0.29, 0.717) is 8.96 Å². The maximum absolute atomic E-state index is 13.4. The van der Waals surface area contributed by atoms with Crippen molar-refractivity contribution in [1.29, 1.82) is 0 Å². The van der Waals surface area contributed by atoms with E-state index < -0.39 is 15.8 Å². The third-order valence-corrected chi connectivity index (χ3v) is 3.85. The Morgan fingerprint density at radius 3 is 2.62 bits per heavy atom. The molecule has 0 aliphatic heterocycles. The second-order valence-corrected chi connectivity index (χ2v) is 6.69. The van der Waals surface area contributed by atoms with E-state index in [4.69, 9.17) is 0 Å². The summed E-state index contributed by atoms with van der Waals surface area (Å²) in [6, 6.07) is 3.75. The fourth-order valence-corrected chi connectivity index (χ4v) is 2.69. The zero-order chi connectivity index (χ0) is 12.3. The van der Waals surface area contributed by atoms with Gasteiger partial charge in [-0.3, -0.25) is 0 Å². The van der Waals surface area contributed by atoms with Crippen molar-refractivity contribution in [2.45, 2.75) is 4.90 Å². The van der Waals surface area contributed by atoms with Crippen LogP contribution < -0.4 is 4.72 Å². The van der Waals surface area contributed by atoms with Crippen LogP contribution in [0.15, 0.2) is 38.6 Å². The predicted molar refractivity (Wildman–Crippen MR) is 67.4 cm³/mol. The number of nitrogens with one attached hydrogen (secondary N) is 1. The lowest BCUT2D eigenvalue weighted by molar-refractivity contribution is 0.559. The largest absolute Gasteiger partial charge is 0.243 e. The SMILES string of the molecule is C=C(Br)CNS(=O)(=O)c1ccc(Br)cc1F. The van der Waals surface area contributed by atoms with Crippen molar-refractivity contribution in [2.75, 3.05) is 6.54 Å². The van der Waals surface area contributed by atoms with Gasteiger partial charge in [0.05, 0.1) is 0 Å². The minimum atomic E-state index is -3.84. The zero-order valence-electron chi connectivity index (χ0n) is 8.00. The first-order valence-corrected chi connectivity index (χ1v) is 7.18. The van der Waals surface area contributed by atoms with Crippen molar-refractivity contribution >= 4 is 41.9 Å². The molecule has 0 saturated carbocycles. The second kappa shape index (κ2) is 5.39. The second-order valence-electron chi connectivity index (χ2n) is 2.92. The van der Waals surface area contributed by atoms with Gasteiger partial charge >= 0.3 is 0 Å². The first-order valence-electron chi connectivity index (χ1n) is 4.11. The van der Waals surface area contributed by atoms with Gasteiger partial charge in [0.2, 0.25) is 10.0 Å². The van der Waals surface area contributed by atoms with Gasteiger partial charge in [-0.1, -0.05) is 38.4 Å². The van der Waals surface area contributed by atoms with E-state index in [9.17, 15) is 12.8 Å². The summed E-state index contributed by atoms with van der Waals surface area (Å²) in [5.74, 6) is -0.804. The quantitative estimate of drug-likeness (QED) is 0.883. The fraction of sp³-hybridized carbons (Fsp3) is 0.111. The Labute approximate surface area is 110 Å². The summed E-state index contributed by atoms with van der Waals surface area (Å²) in [4.78, 5) is -0.385. The van der Waals surface area contributed by atoms with Crippen LogP contribution in [0.5, 0.6) is 0 Å². The van der Waals surface area contributed by atoms with Crippen LogP contribution in [-0.4, -0.2) is 15.0 Å². The smallest absolute Gasteiger partial charge is 0.207 e. The van der Waals surface area contributed by atoms with E-state index >= 15 is 0 Å². The molecular weight excluding hydrogens is 365 g/mol. The fourth-order valence-electron chi connectivity index (χ4n) is 0.944. The van der Waals surface area contributed by atoms with Crippen molar-refractivity contribution in [3.05, 3.63) is 39.6 Å². The number of hydrogen-bond donors (Lipinski definition) is 1. The summed E-state index contributed by atoms with van der Waals surface area (Å²) in [6.07, 6.45) is 0. The molecule has 1 N–H and O–H groups in total. The summed E-state index contributed by atoms with van der Waals surface area (Å²) in [7, 11) is -3.84. The van der Waals surface area contributed by atoms with E-state index in [1.54, 1.807) is 0 Å². The lowest BCUT2D eigenvalue weighted by Gasteiger charge is -2.06. The molecule has 0 aliphatic rings. The molecular formula is C9H8Br2FNO2S. The van der Waals surface area contributed by atoms with Crippen LogP contribution >= 0.6 is 31.9 Å². The number of benzene rings is 1. The lowest BCUT2D eigenvalue weighted by Crippen LogP contribution is -2.25. The van der Waals surface area contributed by atoms with Gasteiger partial charge in [0.25, 0.3) is 0 Å². The summed E-state index contributed by atoms with van der Waals surface area (Å²) < 4.78 is 39.8. The van der Waals surface area contributed by atoms with E-state index in [2.05, 4.69) is 43.2 Å². The van der Waals surface area contributed by atoms with Gasteiger partial charge in [-0.15, -0.1) is 0 Å². The number of rotatable bonds is 4. The van der Waals surface area contributed by atoms with Gasteiger partial charge in [-0.05, 0) is 18.2 Å². The highest BCUT2D eigenvalue weighted by molar-refractivity contribution is 9.11. The minimum Gasteiger partial charge on any atom is -0.207 e. The lowest BCUT2D eigenvalue weighted by atomic mass is 10.3. The monoisotopic (exact) mass is 371 g/mol. The molecule has 0 spiro atoms. The molecule has 0 heterocycles. The van der Waals surface area contributed by atoms with Gasteiger partial charge in [0.1, 0.15) is 10.7 Å². The number of sulfonamides is 1. The molecule has 0 atom stereocenters. The normalized spacial score (nSPS) is 11.4. The van der Waals surface area contributed by atoms with Crippen molar-refractivity contribution in [2.24, 2.45) is 0 Å². The van der Waals surface area contributed by atoms with Crippen LogP contribution in [0.3, 0.4) is 0 Å². The summed E-state index contributed by atoms with van der Waals surface area (Å²) >= 11 is 6.06. The molecule has 0 amide bonds. The van der Waals surface area contributed by atoms with Gasteiger partial charge < -0.3 is 0 Å². The van der Waals surface area contributed by atoms with Gasteiger partial charge in [-0.25, -0.2) is 17.5 Å². The van der Waals surface area contributed by atoms with Crippen LogP contribution in [0, 0.1) is 5.82 Å². The highest BCUT2D eigenvalue weighted by Crippen LogP contribution is 2.19. The van der Waals surface area contributed by atoms with E-state index in [0.717, 1.165) is 6.07 Å². The van der Waals surface area contributed by atoms with Crippen molar-refractivity contribution < 1.29 is 12.8 Å². The standard InChI is InChI=1S/C9H8Br2FNO2S/c1-6(10)5-13-16(14,15)9-3-2-7(11)4-8(9)12/h2-4,13H,1,5H2. The Hall–Kier alpha value is -0.240. The van der Waals surface area contributed by atoms with Gasteiger partial charge in [0.15, 0.2) is 0 Å². The molecule has 0 radical (unpaired) electrons. The Morgan fingerprint density at radius 2 is 2.12 bits per heavy atom. The van der Waals surface area contributed by atoms with Gasteiger partial charge in [0, 0.05) is 15.5 Å². The van der Waals surface area contributed by atoms with Crippen LogP contribution in [0.4, 0.5) is 4.39 Å². The highest BCUT2D eigenvalue weighted by Gasteiger charge is 2.18. The molecule has 0 bridgehead atoms. The van der Waals surface area contributed by atoms with E-state index in [-0.39, 0.29) is 11.4 Å². The third kappa shape index (κ3) is 3.65. The Kier molecular flexibility index (Phi) is 4.66. The molecule has 7 heteroatoms. The third-order valence-electron chi connectivity index (χ3n) is 1.64. The maximum Gasteiger partial charge on any atom is 0.243 e. The average molecular weight is 373 g/mol. The molecule has 0 unspecified atom stereocenters. The zero-order valence-corrected chi connectivity index (χ0v) is 12.0.